The van der Waals surface area contributed by atoms with Crippen LogP contribution in [0, 0.1) is 0 Å². The number of pyridine rings is 1. The second-order valence-electron chi connectivity index (χ2n) is 4.75. The molecule has 6 heteroatoms. The van der Waals surface area contributed by atoms with Crippen LogP contribution < -0.4 is 9.47 Å². The predicted octanol–water partition coefficient (Wildman–Crippen LogP) is 2.25. The normalized spacial score (nSPS) is 14.3. The van der Waals surface area contributed by atoms with Crippen LogP contribution in [0.2, 0.25) is 0 Å². The first-order valence-corrected chi connectivity index (χ1v) is 6.85. The Bertz CT molecular complexity index is 783. The van der Waals surface area contributed by atoms with Gasteiger partial charge >= 0.3 is 5.97 Å². The molecule has 3 rings (SSSR count). The molecule has 1 aromatic carbocycles. The molecule has 116 valence electrons. The maximum atomic E-state index is 12.3. The molecule has 23 heavy (non-hydrogen) atoms. The number of nitrogens with zero attached hydrogens (tertiary/aromatic N) is 1. The van der Waals surface area contributed by atoms with Gasteiger partial charge in [-0.3, -0.25) is 9.78 Å². The fourth-order valence-electron chi connectivity index (χ4n) is 2.07. The van der Waals surface area contributed by atoms with Gasteiger partial charge in [0.15, 0.2) is 12.4 Å². The number of carbonyl (C=O) groups excluding carboxylic acids is 2. The van der Waals surface area contributed by atoms with Crippen molar-refractivity contribution in [2.75, 3.05) is 13.7 Å². The number of allylic oxidation sites excluding steroid dienone is 1. The molecule has 2 heterocycles. The van der Waals surface area contributed by atoms with Crippen LogP contribution in [-0.2, 0) is 9.53 Å². The molecule has 1 aliphatic rings. The van der Waals surface area contributed by atoms with Gasteiger partial charge in [0, 0.05) is 18.5 Å². The SMILES string of the molecule is COC(=O)COc1ccc2c(c1)O/C(=C\c1cccnc1)C2=O. The van der Waals surface area contributed by atoms with Gasteiger partial charge in [-0.05, 0) is 29.8 Å². The van der Waals surface area contributed by atoms with Crippen molar-refractivity contribution < 1.29 is 23.8 Å². The molecule has 0 bridgehead atoms. The zero-order valence-electron chi connectivity index (χ0n) is 12.3. The van der Waals surface area contributed by atoms with Crippen LogP contribution in [0.4, 0.5) is 0 Å². The van der Waals surface area contributed by atoms with Crippen molar-refractivity contribution in [3.8, 4) is 11.5 Å². The first-order chi connectivity index (χ1) is 11.2. The Morgan fingerprint density at radius 1 is 1.35 bits per heavy atom. The fourth-order valence-corrected chi connectivity index (χ4v) is 2.07. The zero-order valence-corrected chi connectivity index (χ0v) is 12.3. The Labute approximate surface area is 132 Å². The predicted molar refractivity (Wildman–Crippen MR) is 81.1 cm³/mol. The van der Waals surface area contributed by atoms with E-state index >= 15 is 0 Å². The van der Waals surface area contributed by atoms with Crippen molar-refractivity contribution in [1.82, 2.24) is 4.98 Å². The number of hydrogen-bond acceptors (Lipinski definition) is 6. The quantitative estimate of drug-likeness (QED) is 0.637. The molecule has 0 spiro atoms. The van der Waals surface area contributed by atoms with Crippen LogP contribution in [0.5, 0.6) is 11.5 Å². The van der Waals surface area contributed by atoms with Gasteiger partial charge in [-0.15, -0.1) is 0 Å². The van der Waals surface area contributed by atoms with Gasteiger partial charge in [0.25, 0.3) is 0 Å². The van der Waals surface area contributed by atoms with Gasteiger partial charge in [-0.2, -0.15) is 0 Å². The van der Waals surface area contributed by atoms with Crippen LogP contribution in [0.1, 0.15) is 15.9 Å². The van der Waals surface area contributed by atoms with Crippen molar-refractivity contribution in [2.24, 2.45) is 0 Å². The highest BCUT2D eigenvalue weighted by molar-refractivity contribution is 6.14. The topological polar surface area (TPSA) is 74.7 Å². The van der Waals surface area contributed by atoms with Gasteiger partial charge in [-0.25, -0.2) is 4.79 Å². The highest BCUT2D eigenvalue weighted by Gasteiger charge is 2.27. The number of rotatable bonds is 4. The maximum absolute atomic E-state index is 12.3. The van der Waals surface area contributed by atoms with Gasteiger partial charge in [0.05, 0.1) is 12.7 Å². The van der Waals surface area contributed by atoms with E-state index < -0.39 is 5.97 Å². The molecule has 0 atom stereocenters. The number of methoxy groups -OCH3 is 1. The van der Waals surface area contributed by atoms with E-state index in [0.29, 0.717) is 17.1 Å². The lowest BCUT2D eigenvalue weighted by Crippen LogP contribution is -2.12. The molecule has 0 saturated carbocycles. The number of fused-ring (bicyclic) bond motifs is 1. The average Bonchev–Trinajstić information content (AvgIpc) is 2.89. The summed E-state index contributed by atoms with van der Waals surface area (Å²) in [7, 11) is 1.28. The lowest BCUT2D eigenvalue weighted by Gasteiger charge is -2.05. The van der Waals surface area contributed by atoms with Crippen molar-refractivity contribution in [1.29, 1.82) is 0 Å². The second kappa shape index (κ2) is 6.31. The molecule has 2 aromatic rings. The molecule has 1 aliphatic heterocycles. The fraction of sp³-hybridized carbons (Fsp3) is 0.118. The van der Waals surface area contributed by atoms with Crippen molar-refractivity contribution in [2.45, 2.75) is 0 Å². The van der Waals surface area contributed by atoms with Gasteiger partial charge in [0.2, 0.25) is 5.78 Å². The summed E-state index contributed by atoms with van der Waals surface area (Å²) in [5.41, 5.74) is 1.22. The summed E-state index contributed by atoms with van der Waals surface area (Å²) >= 11 is 0. The number of Topliss-reactive ketones (excluding diaryl/α,β-unsaturated/α-hetero) is 1. The minimum absolute atomic E-state index is 0.205. The van der Waals surface area contributed by atoms with Crippen LogP contribution >= 0.6 is 0 Å². The Morgan fingerprint density at radius 3 is 2.96 bits per heavy atom. The first-order valence-electron chi connectivity index (χ1n) is 6.85. The summed E-state index contributed by atoms with van der Waals surface area (Å²) < 4.78 is 15.4. The van der Waals surface area contributed by atoms with Crippen molar-refractivity contribution in [3.05, 3.63) is 59.6 Å². The van der Waals surface area contributed by atoms with E-state index in [-0.39, 0.29) is 18.1 Å². The van der Waals surface area contributed by atoms with Crippen LogP contribution in [0.25, 0.3) is 6.08 Å². The van der Waals surface area contributed by atoms with E-state index in [1.54, 1.807) is 42.7 Å². The maximum Gasteiger partial charge on any atom is 0.343 e. The van der Waals surface area contributed by atoms with E-state index in [2.05, 4.69) is 9.72 Å². The summed E-state index contributed by atoms with van der Waals surface area (Å²) in [5.74, 6) is 0.346. The molecule has 0 N–H and O–H groups in total. The second-order valence-corrected chi connectivity index (χ2v) is 4.75. The van der Waals surface area contributed by atoms with E-state index in [1.165, 1.54) is 7.11 Å². The monoisotopic (exact) mass is 311 g/mol. The number of esters is 1. The lowest BCUT2D eigenvalue weighted by molar-refractivity contribution is -0.142. The number of carbonyl (C=O) groups is 2. The Morgan fingerprint density at radius 2 is 2.22 bits per heavy atom. The summed E-state index contributed by atoms with van der Waals surface area (Å²) in [6.45, 7) is -0.207. The molecule has 0 saturated heterocycles. The number of ketones is 1. The van der Waals surface area contributed by atoms with Gasteiger partial charge in [-0.1, -0.05) is 6.07 Å². The smallest absolute Gasteiger partial charge is 0.343 e. The molecule has 0 fully saturated rings. The highest BCUT2D eigenvalue weighted by Crippen LogP contribution is 2.34. The van der Waals surface area contributed by atoms with E-state index in [1.807, 2.05) is 6.07 Å². The molecule has 0 aliphatic carbocycles. The number of ether oxygens (including phenoxy) is 3. The molecule has 0 unspecified atom stereocenters. The van der Waals surface area contributed by atoms with E-state index in [0.717, 1.165) is 5.56 Å². The largest absolute Gasteiger partial charge is 0.482 e. The molecule has 1 aromatic heterocycles. The van der Waals surface area contributed by atoms with Crippen molar-refractivity contribution in [3.63, 3.8) is 0 Å². The van der Waals surface area contributed by atoms with Gasteiger partial charge < -0.3 is 14.2 Å². The summed E-state index contributed by atoms with van der Waals surface area (Å²) in [6, 6.07) is 8.38. The Balaban J connectivity index is 1.80. The molecule has 0 amide bonds. The third-order valence-electron chi connectivity index (χ3n) is 3.21. The van der Waals surface area contributed by atoms with Crippen molar-refractivity contribution >= 4 is 17.8 Å². The van der Waals surface area contributed by atoms with E-state index in [9.17, 15) is 9.59 Å². The Kier molecular flexibility index (Phi) is 4.05. The molecular formula is C17H13NO5. The third-order valence-corrected chi connectivity index (χ3v) is 3.21. The molecular weight excluding hydrogens is 298 g/mol. The van der Waals surface area contributed by atoms with Crippen LogP contribution in [0.15, 0.2) is 48.5 Å². The van der Waals surface area contributed by atoms with E-state index in [4.69, 9.17) is 9.47 Å². The number of aromatic nitrogens is 1. The minimum Gasteiger partial charge on any atom is -0.482 e. The minimum atomic E-state index is -0.486. The summed E-state index contributed by atoms with van der Waals surface area (Å²) in [5, 5.41) is 0. The average molecular weight is 311 g/mol. The summed E-state index contributed by atoms with van der Waals surface area (Å²) in [4.78, 5) is 27.4. The standard InChI is InChI=1S/C17H13NO5/c1-21-16(19)10-22-12-4-5-13-14(8-12)23-15(17(13)20)7-11-3-2-6-18-9-11/h2-9H,10H2,1H3/b15-7-. The molecule has 6 nitrogen and oxygen atoms in total. The summed E-state index contributed by atoms with van der Waals surface area (Å²) in [6.07, 6.45) is 4.92. The third kappa shape index (κ3) is 3.21. The zero-order chi connectivity index (χ0) is 16.2. The highest BCUT2D eigenvalue weighted by atomic mass is 16.6. The van der Waals surface area contributed by atoms with Gasteiger partial charge in [0.1, 0.15) is 11.5 Å². The van der Waals surface area contributed by atoms with Crippen LogP contribution in [0.3, 0.4) is 0 Å². The number of hydrogen-bond donors (Lipinski definition) is 0. The lowest BCUT2D eigenvalue weighted by atomic mass is 10.1. The Hall–Kier alpha value is -3.15. The van der Waals surface area contributed by atoms with Crippen LogP contribution in [-0.4, -0.2) is 30.5 Å². The molecule has 0 radical (unpaired) electrons. The number of benzene rings is 1. The first kappa shape index (κ1) is 14.8.